The van der Waals surface area contributed by atoms with Gasteiger partial charge in [0, 0.05) is 54.3 Å². The van der Waals surface area contributed by atoms with Crippen molar-refractivity contribution in [2.24, 2.45) is 18.0 Å². The molecule has 0 amide bonds. The highest BCUT2D eigenvalue weighted by Crippen LogP contribution is 2.43. The Morgan fingerprint density at radius 2 is 2.26 bits per heavy atom. The number of nitrogens with one attached hydrogen (secondary N) is 2. The maximum atomic E-state index is 13.8. The molecule has 2 N–H and O–H groups in total. The molecule has 4 rings (SSSR count). The number of aromatic amines is 1. The molecule has 1 saturated carbocycles. The lowest BCUT2D eigenvalue weighted by Crippen LogP contribution is -2.29. The number of hydrogen-bond acceptors (Lipinski definition) is 4. The number of pyridine rings is 1. The van der Waals surface area contributed by atoms with Gasteiger partial charge in [-0.25, -0.2) is 18.8 Å². The number of fused-ring (bicyclic) bond motifs is 1. The van der Waals surface area contributed by atoms with Crippen LogP contribution in [-0.2, 0) is 7.05 Å². The smallest absolute Gasteiger partial charge is 0.267 e. The highest BCUT2D eigenvalue weighted by molar-refractivity contribution is 5.93. The highest BCUT2D eigenvalue weighted by atomic mass is 19.3. The quantitative estimate of drug-likeness (QED) is 0.698. The van der Waals surface area contributed by atoms with E-state index in [1.165, 1.54) is 6.20 Å². The summed E-state index contributed by atoms with van der Waals surface area (Å²) in [6, 6.07) is 3.85. The maximum absolute atomic E-state index is 13.8. The maximum Gasteiger partial charge on any atom is 0.267 e. The molecular formula is C19H20F2N6. The summed E-state index contributed by atoms with van der Waals surface area (Å²) < 4.78 is 29.5. The van der Waals surface area contributed by atoms with Gasteiger partial charge in [0.1, 0.15) is 11.1 Å². The first kappa shape index (κ1) is 17.4. The minimum absolute atomic E-state index is 0.196. The average molecular weight is 370 g/mol. The monoisotopic (exact) mass is 370 g/mol. The Bertz CT molecular complexity index is 1060. The van der Waals surface area contributed by atoms with Crippen LogP contribution in [0.25, 0.3) is 22.2 Å². The van der Waals surface area contributed by atoms with E-state index in [1.807, 2.05) is 36.1 Å². The molecule has 1 aliphatic carbocycles. The van der Waals surface area contributed by atoms with E-state index in [1.54, 1.807) is 6.20 Å². The van der Waals surface area contributed by atoms with Gasteiger partial charge in [0.2, 0.25) is 5.95 Å². The van der Waals surface area contributed by atoms with Crippen LogP contribution in [0.4, 0.5) is 14.7 Å². The Hall–Kier alpha value is -3.03. The zero-order chi connectivity index (χ0) is 19.0. The van der Waals surface area contributed by atoms with Gasteiger partial charge in [0.05, 0.1) is 6.54 Å². The zero-order valence-electron chi connectivity index (χ0n) is 14.9. The van der Waals surface area contributed by atoms with Crippen LogP contribution in [0.5, 0.6) is 0 Å². The minimum Gasteiger partial charge on any atom is -0.348 e. The molecule has 0 unspecified atom stereocenters. The summed E-state index contributed by atoms with van der Waals surface area (Å²) in [6.07, 6.45) is 8.11. The Morgan fingerprint density at radius 3 is 2.96 bits per heavy atom. The summed E-state index contributed by atoms with van der Waals surface area (Å²) in [5.41, 5.74) is 3.28. The first-order valence-corrected chi connectivity index (χ1v) is 8.75. The highest BCUT2D eigenvalue weighted by Gasteiger charge is 2.46. The number of nitrogens with zero attached hydrogens (tertiary/aromatic N) is 4. The van der Waals surface area contributed by atoms with E-state index < -0.39 is 18.4 Å². The van der Waals surface area contributed by atoms with Crippen molar-refractivity contribution in [1.29, 1.82) is 0 Å². The number of aromatic nitrogens is 4. The van der Waals surface area contributed by atoms with Crippen LogP contribution >= 0.6 is 0 Å². The van der Waals surface area contributed by atoms with Crippen molar-refractivity contribution in [3.63, 3.8) is 0 Å². The van der Waals surface area contributed by atoms with Crippen molar-refractivity contribution >= 4 is 17.0 Å². The van der Waals surface area contributed by atoms with Crippen molar-refractivity contribution in [1.82, 2.24) is 19.5 Å². The molecule has 0 saturated heterocycles. The molecule has 0 bridgehead atoms. The van der Waals surface area contributed by atoms with E-state index in [0.29, 0.717) is 18.5 Å². The van der Waals surface area contributed by atoms with Crippen LogP contribution in [0.1, 0.15) is 12.8 Å². The summed E-state index contributed by atoms with van der Waals surface area (Å²) in [6.45, 7) is 3.16. The first-order chi connectivity index (χ1) is 13.0. The molecule has 0 atom stereocenters. The fourth-order valence-electron chi connectivity index (χ4n) is 3.06. The van der Waals surface area contributed by atoms with Crippen molar-refractivity contribution in [2.45, 2.75) is 18.8 Å². The number of rotatable bonds is 6. The van der Waals surface area contributed by atoms with Crippen LogP contribution < -0.4 is 10.8 Å². The Morgan fingerprint density at radius 1 is 1.44 bits per heavy atom. The number of halogens is 2. The lowest BCUT2D eigenvalue weighted by atomic mass is 10.1. The Balaban J connectivity index is 1.60. The predicted molar refractivity (Wildman–Crippen MR) is 100 cm³/mol. The Labute approximate surface area is 154 Å². The summed E-state index contributed by atoms with van der Waals surface area (Å²) >= 11 is 0. The summed E-state index contributed by atoms with van der Waals surface area (Å²) in [5, 5.41) is 3.48. The second kappa shape index (κ2) is 6.61. The summed E-state index contributed by atoms with van der Waals surface area (Å²) in [7, 11) is 1.90. The molecular weight excluding hydrogens is 350 g/mol. The molecule has 3 aromatic rings. The topological polar surface area (TPSA) is 70.9 Å². The van der Waals surface area contributed by atoms with E-state index in [0.717, 1.165) is 22.0 Å². The SMILES string of the molecule is C=CN=c1ccc(-c2c[nH]c3nc(NCC(F)(F)C4CC4)ncc23)cn1C. The third-order valence-corrected chi connectivity index (χ3v) is 4.73. The molecule has 3 heterocycles. The van der Waals surface area contributed by atoms with Gasteiger partial charge in [0.15, 0.2) is 0 Å². The van der Waals surface area contributed by atoms with Crippen LogP contribution in [0.15, 0.2) is 48.5 Å². The molecule has 0 aliphatic heterocycles. The van der Waals surface area contributed by atoms with Gasteiger partial charge in [-0.05, 0) is 25.0 Å². The molecule has 1 fully saturated rings. The van der Waals surface area contributed by atoms with Gasteiger partial charge in [-0.3, -0.25) is 0 Å². The molecule has 27 heavy (non-hydrogen) atoms. The van der Waals surface area contributed by atoms with E-state index >= 15 is 0 Å². The van der Waals surface area contributed by atoms with Gasteiger partial charge < -0.3 is 14.9 Å². The number of anilines is 1. The van der Waals surface area contributed by atoms with Crippen LogP contribution in [0, 0.1) is 5.92 Å². The van der Waals surface area contributed by atoms with E-state index in [2.05, 4.69) is 31.8 Å². The third kappa shape index (κ3) is 3.47. The lowest BCUT2D eigenvalue weighted by molar-refractivity contribution is -0.00831. The standard InChI is InChI=1S/C19H20F2N6/c1-3-22-16-7-4-12(10-27(16)2)14-8-23-17-15(14)9-24-18(26-17)25-11-19(20,21)13-5-6-13/h3-4,7-10,13H,1,5-6,11H2,2H3,(H2,23,24,25,26). The molecule has 140 valence electrons. The molecule has 6 nitrogen and oxygen atoms in total. The van der Waals surface area contributed by atoms with Crippen molar-refractivity contribution < 1.29 is 8.78 Å². The van der Waals surface area contributed by atoms with E-state index in [-0.39, 0.29) is 5.95 Å². The van der Waals surface area contributed by atoms with E-state index in [4.69, 9.17) is 0 Å². The van der Waals surface area contributed by atoms with Gasteiger partial charge in [0.25, 0.3) is 5.92 Å². The van der Waals surface area contributed by atoms with Crippen molar-refractivity contribution in [3.8, 4) is 11.1 Å². The molecule has 8 heteroatoms. The lowest BCUT2D eigenvalue weighted by Gasteiger charge is -2.15. The van der Waals surface area contributed by atoms with Gasteiger partial charge in [-0.15, -0.1) is 0 Å². The van der Waals surface area contributed by atoms with Crippen LogP contribution in [0.3, 0.4) is 0 Å². The number of alkyl halides is 2. The van der Waals surface area contributed by atoms with Crippen LogP contribution in [0.2, 0.25) is 0 Å². The Kier molecular flexibility index (Phi) is 4.25. The fourth-order valence-corrected chi connectivity index (χ4v) is 3.06. The fraction of sp³-hybridized carbons (Fsp3) is 0.316. The average Bonchev–Trinajstić information content (AvgIpc) is 3.43. The number of H-pyrrole nitrogens is 1. The number of aryl methyl sites for hydroxylation is 1. The van der Waals surface area contributed by atoms with E-state index in [9.17, 15) is 8.78 Å². The first-order valence-electron chi connectivity index (χ1n) is 8.75. The molecule has 1 aliphatic rings. The zero-order valence-corrected chi connectivity index (χ0v) is 14.9. The van der Waals surface area contributed by atoms with Crippen molar-refractivity contribution in [2.75, 3.05) is 11.9 Å². The second-order valence-electron chi connectivity index (χ2n) is 6.75. The molecule has 3 aromatic heterocycles. The molecule has 0 aromatic carbocycles. The predicted octanol–water partition coefficient (Wildman–Crippen LogP) is 3.46. The second-order valence-corrected chi connectivity index (χ2v) is 6.75. The minimum atomic E-state index is -2.72. The molecule has 0 radical (unpaired) electrons. The van der Waals surface area contributed by atoms with Gasteiger partial charge in [-0.1, -0.05) is 6.58 Å². The summed E-state index contributed by atoms with van der Waals surface area (Å²) in [4.78, 5) is 15.8. The largest absolute Gasteiger partial charge is 0.348 e. The number of hydrogen-bond donors (Lipinski definition) is 2. The van der Waals surface area contributed by atoms with Gasteiger partial charge in [-0.2, -0.15) is 4.98 Å². The van der Waals surface area contributed by atoms with Crippen LogP contribution in [-0.4, -0.2) is 32.0 Å². The van der Waals surface area contributed by atoms with Crippen molar-refractivity contribution in [3.05, 3.63) is 49.0 Å². The third-order valence-electron chi connectivity index (χ3n) is 4.73. The summed E-state index contributed by atoms with van der Waals surface area (Å²) in [5.74, 6) is -3.03. The normalized spacial score (nSPS) is 15.3. The molecule has 0 spiro atoms. The van der Waals surface area contributed by atoms with Gasteiger partial charge >= 0.3 is 0 Å².